The van der Waals surface area contributed by atoms with E-state index in [-0.39, 0.29) is 0 Å². The molecule has 2 aromatic rings. The number of hydrogen-bond donors (Lipinski definition) is 0. The molecule has 0 spiro atoms. The second kappa shape index (κ2) is 6.07. The molecule has 0 atom stereocenters. The molecule has 0 aliphatic carbocycles. The van der Waals surface area contributed by atoms with E-state index in [1.54, 1.807) is 6.07 Å². The zero-order valence-electron chi connectivity index (χ0n) is 9.99. The van der Waals surface area contributed by atoms with Crippen LogP contribution in [-0.2, 0) is 12.5 Å². The fourth-order valence-corrected chi connectivity index (χ4v) is 2.03. The van der Waals surface area contributed by atoms with Gasteiger partial charge in [0, 0.05) is 16.3 Å². The average Bonchev–Trinajstić information content (AvgIpc) is 2.37. The third kappa shape index (κ3) is 3.37. The third-order valence-corrected chi connectivity index (χ3v) is 3.01. The molecule has 0 N–H and O–H groups in total. The van der Waals surface area contributed by atoms with Gasteiger partial charge in [0.15, 0.2) is 0 Å². The van der Waals surface area contributed by atoms with Crippen molar-refractivity contribution in [2.75, 3.05) is 0 Å². The number of benzene rings is 1. The molecule has 2 rings (SSSR count). The topological polar surface area (TPSA) is 22.1 Å². The van der Waals surface area contributed by atoms with E-state index in [1.165, 1.54) is 0 Å². The molecule has 0 unspecified atom stereocenters. The molecular formula is C14H13Cl2NO. The van der Waals surface area contributed by atoms with Gasteiger partial charge in [-0.15, -0.1) is 11.6 Å². The number of pyridine rings is 1. The molecule has 0 aliphatic rings. The number of rotatable bonds is 4. The number of aryl methyl sites for hydroxylation is 1. The van der Waals surface area contributed by atoms with Crippen molar-refractivity contribution < 1.29 is 4.74 Å². The lowest BCUT2D eigenvalue weighted by atomic mass is 10.2. The van der Waals surface area contributed by atoms with Gasteiger partial charge in [0.1, 0.15) is 12.4 Å². The molecule has 1 aromatic heterocycles. The highest BCUT2D eigenvalue weighted by molar-refractivity contribution is 6.30. The van der Waals surface area contributed by atoms with Crippen LogP contribution in [0.1, 0.15) is 17.0 Å². The van der Waals surface area contributed by atoms with Crippen molar-refractivity contribution in [3.63, 3.8) is 0 Å². The Morgan fingerprint density at radius 1 is 1.22 bits per heavy atom. The first-order chi connectivity index (χ1) is 8.69. The minimum atomic E-state index is 0.372. The third-order valence-electron chi connectivity index (χ3n) is 2.49. The fraction of sp³-hybridized carbons (Fsp3) is 0.214. The summed E-state index contributed by atoms with van der Waals surface area (Å²) in [6.45, 7) is 2.38. The predicted octanol–water partition coefficient (Wildman–Crippen LogP) is 4.36. The molecule has 1 aromatic carbocycles. The van der Waals surface area contributed by atoms with Gasteiger partial charge in [-0.1, -0.05) is 17.7 Å². The number of aromatic nitrogens is 1. The molecule has 0 saturated carbocycles. The largest absolute Gasteiger partial charge is 0.487 e. The Kier molecular flexibility index (Phi) is 4.45. The van der Waals surface area contributed by atoms with Crippen LogP contribution in [0.3, 0.4) is 0 Å². The van der Waals surface area contributed by atoms with E-state index in [9.17, 15) is 0 Å². The number of ether oxygens (including phenoxy) is 1. The standard InChI is InChI=1S/C14H13Cl2NO/c1-10-3-2-4-13(17-10)9-18-14-6-5-12(16)7-11(14)8-15/h2-7H,8-9H2,1H3. The Morgan fingerprint density at radius 3 is 2.78 bits per heavy atom. The van der Waals surface area contributed by atoms with Gasteiger partial charge in [0.2, 0.25) is 0 Å². The van der Waals surface area contributed by atoms with Crippen LogP contribution < -0.4 is 4.74 Å². The highest BCUT2D eigenvalue weighted by Gasteiger charge is 2.04. The Hall–Kier alpha value is -1.25. The van der Waals surface area contributed by atoms with Crippen molar-refractivity contribution in [2.24, 2.45) is 0 Å². The molecule has 0 radical (unpaired) electrons. The number of alkyl halides is 1. The zero-order valence-corrected chi connectivity index (χ0v) is 11.5. The van der Waals surface area contributed by atoms with E-state index in [1.807, 2.05) is 37.3 Å². The lowest BCUT2D eigenvalue weighted by molar-refractivity contribution is 0.299. The summed E-state index contributed by atoms with van der Waals surface area (Å²) in [4.78, 5) is 4.38. The van der Waals surface area contributed by atoms with E-state index >= 15 is 0 Å². The Labute approximate surface area is 117 Å². The first kappa shape index (κ1) is 13.2. The monoisotopic (exact) mass is 281 g/mol. The van der Waals surface area contributed by atoms with Crippen LogP contribution in [-0.4, -0.2) is 4.98 Å². The van der Waals surface area contributed by atoms with Crippen molar-refractivity contribution in [1.29, 1.82) is 0 Å². The van der Waals surface area contributed by atoms with E-state index in [2.05, 4.69) is 4.98 Å². The van der Waals surface area contributed by atoms with Crippen LogP contribution in [0.15, 0.2) is 36.4 Å². The molecule has 0 fully saturated rings. The summed E-state index contributed by atoms with van der Waals surface area (Å²) >= 11 is 11.8. The van der Waals surface area contributed by atoms with Gasteiger partial charge in [-0.05, 0) is 37.3 Å². The summed E-state index contributed by atoms with van der Waals surface area (Å²) in [5, 5.41) is 0.659. The van der Waals surface area contributed by atoms with Gasteiger partial charge in [0.25, 0.3) is 0 Å². The average molecular weight is 282 g/mol. The highest BCUT2D eigenvalue weighted by atomic mass is 35.5. The highest BCUT2D eigenvalue weighted by Crippen LogP contribution is 2.25. The van der Waals surface area contributed by atoms with E-state index < -0.39 is 0 Å². The molecule has 2 nitrogen and oxygen atoms in total. The lowest BCUT2D eigenvalue weighted by Gasteiger charge is -2.10. The molecule has 0 aliphatic heterocycles. The Balaban J connectivity index is 2.10. The maximum absolute atomic E-state index is 5.91. The van der Waals surface area contributed by atoms with Crippen LogP contribution >= 0.6 is 23.2 Å². The minimum absolute atomic E-state index is 0.372. The SMILES string of the molecule is Cc1cccc(COc2ccc(Cl)cc2CCl)n1. The number of halogens is 2. The van der Waals surface area contributed by atoms with Crippen LogP contribution in [0.25, 0.3) is 0 Å². The van der Waals surface area contributed by atoms with Gasteiger partial charge >= 0.3 is 0 Å². The summed E-state index contributed by atoms with van der Waals surface area (Å²) in [6, 6.07) is 11.3. The van der Waals surface area contributed by atoms with Gasteiger partial charge in [-0.3, -0.25) is 4.98 Å². The van der Waals surface area contributed by atoms with Gasteiger partial charge in [-0.2, -0.15) is 0 Å². The summed E-state index contributed by atoms with van der Waals surface area (Å²) in [7, 11) is 0. The van der Waals surface area contributed by atoms with E-state index in [0.29, 0.717) is 17.5 Å². The second-order valence-electron chi connectivity index (χ2n) is 3.94. The smallest absolute Gasteiger partial charge is 0.130 e. The minimum Gasteiger partial charge on any atom is -0.487 e. The van der Waals surface area contributed by atoms with E-state index in [4.69, 9.17) is 27.9 Å². The molecule has 18 heavy (non-hydrogen) atoms. The summed E-state index contributed by atoms with van der Waals surface area (Å²) < 4.78 is 5.72. The van der Waals surface area contributed by atoms with Gasteiger partial charge in [0.05, 0.1) is 11.6 Å². The molecule has 1 heterocycles. The zero-order chi connectivity index (χ0) is 13.0. The maximum Gasteiger partial charge on any atom is 0.130 e. The van der Waals surface area contributed by atoms with Crippen LogP contribution in [0, 0.1) is 6.92 Å². The molecule has 0 bridgehead atoms. The van der Waals surface area contributed by atoms with Crippen LogP contribution in [0.5, 0.6) is 5.75 Å². The normalized spacial score (nSPS) is 10.4. The first-order valence-electron chi connectivity index (χ1n) is 5.59. The summed E-state index contributed by atoms with van der Waals surface area (Å²) in [6.07, 6.45) is 0. The fourth-order valence-electron chi connectivity index (χ4n) is 1.62. The molecular weight excluding hydrogens is 269 g/mol. The van der Waals surface area contributed by atoms with Crippen molar-refractivity contribution >= 4 is 23.2 Å². The van der Waals surface area contributed by atoms with Crippen LogP contribution in [0.4, 0.5) is 0 Å². The van der Waals surface area contributed by atoms with Crippen molar-refractivity contribution in [2.45, 2.75) is 19.4 Å². The molecule has 4 heteroatoms. The number of nitrogens with zero attached hydrogens (tertiary/aromatic N) is 1. The second-order valence-corrected chi connectivity index (χ2v) is 4.65. The summed E-state index contributed by atoms with van der Waals surface area (Å²) in [5.74, 6) is 1.12. The molecule has 0 saturated heterocycles. The maximum atomic E-state index is 5.91. The first-order valence-corrected chi connectivity index (χ1v) is 6.50. The Bertz CT molecular complexity index is 543. The van der Waals surface area contributed by atoms with Crippen LogP contribution in [0.2, 0.25) is 5.02 Å². The number of hydrogen-bond acceptors (Lipinski definition) is 2. The van der Waals surface area contributed by atoms with E-state index in [0.717, 1.165) is 22.7 Å². The lowest BCUT2D eigenvalue weighted by Crippen LogP contribution is -2.00. The van der Waals surface area contributed by atoms with Crippen molar-refractivity contribution in [3.8, 4) is 5.75 Å². The Morgan fingerprint density at radius 2 is 2.06 bits per heavy atom. The van der Waals surface area contributed by atoms with Crippen molar-refractivity contribution in [1.82, 2.24) is 4.98 Å². The van der Waals surface area contributed by atoms with Crippen molar-refractivity contribution in [3.05, 3.63) is 58.4 Å². The molecule has 0 amide bonds. The predicted molar refractivity (Wildman–Crippen MR) is 74.3 cm³/mol. The molecule has 94 valence electrons. The van der Waals surface area contributed by atoms with Gasteiger partial charge < -0.3 is 4.74 Å². The quantitative estimate of drug-likeness (QED) is 0.777. The summed E-state index contributed by atoms with van der Waals surface area (Å²) in [5.41, 5.74) is 2.76. The van der Waals surface area contributed by atoms with Gasteiger partial charge in [-0.25, -0.2) is 0 Å².